The smallest absolute Gasteiger partial charge is 0.337 e. The van der Waals surface area contributed by atoms with Gasteiger partial charge in [0.05, 0.1) is 31.9 Å². The molecule has 0 aliphatic heterocycles. The van der Waals surface area contributed by atoms with E-state index in [0.717, 1.165) is 5.56 Å². The summed E-state index contributed by atoms with van der Waals surface area (Å²) in [5.74, 6) is -0.247. The lowest BCUT2D eigenvalue weighted by atomic mass is 10.1. The number of nitrogens with one attached hydrogen (secondary N) is 2. The molecule has 1 amide bonds. The van der Waals surface area contributed by atoms with Gasteiger partial charge in [0.25, 0.3) is 11.5 Å². The molecular weight excluding hydrogens is 416 g/mol. The van der Waals surface area contributed by atoms with Crippen LogP contribution < -0.4 is 20.3 Å². The van der Waals surface area contributed by atoms with E-state index in [-0.39, 0.29) is 11.1 Å². The average molecular weight is 440 g/mol. The molecule has 168 valence electrons. The summed E-state index contributed by atoms with van der Waals surface area (Å²) in [6.07, 6.45) is 0. The van der Waals surface area contributed by atoms with Crippen molar-refractivity contribution >= 4 is 28.5 Å². The number of esters is 1. The van der Waals surface area contributed by atoms with Crippen LogP contribution in [0.25, 0.3) is 10.9 Å². The lowest BCUT2D eigenvalue weighted by Gasteiger charge is -2.13. The number of ether oxygens (including phenoxy) is 4. The molecule has 0 bridgehead atoms. The second-order valence-corrected chi connectivity index (χ2v) is 6.92. The number of rotatable bonds is 8. The summed E-state index contributed by atoms with van der Waals surface area (Å²) in [6.45, 7) is 2.48. The van der Waals surface area contributed by atoms with Crippen molar-refractivity contribution in [2.75, 3.05) is 39.9 Å². The molecule has 0 saturated heterocycles. The Morgan fingerprint density at radius 2 is 1.78 bits per heavy atom. The highest BCUT2D eigenvalue weighted by atomic mass is 16.5. The Balaban J connectivity index is 1.96. The summed E-state index contributed by atoms with van der Waals surface area (Å²) in [5, 5.41) is 3.28. The number of aryl methyl sites for hydroxylation is 1. The predicted molar refractivity (Wildman–Crippen MR) is 119 cm³/mol. The maximum atomic E-state index is 12.9. The van der Waals surface area contributed by atoms with Gasteiger partial charge in [0.1, 0.15) is 12.2 Å². The minimum Gasteiger partial charge on any atom is -0.493 e. The number of pyridine rings is 1. The van der Waals surface area contributed by atoms with Crippen LogP contribution in [0.5, 0.6) is 11.5 Å². The average Bonchev–Trinajstić information content (AvgIpc) is 2.79. The van der Waals surface area contributed by atoms with Gasteiger partial charge in [-0.3, -0.25) is 9.59 Å². The number of carbonyl (C=O) groups is 2. The second-order valence-electron chi connectivity index (χ2n) is 6.92. The van der Waals surface area contributed by atoms with Crippen LogP contribution in [0.15, 0.2) is 41.2 Å². The van der Waals surface area contributed by atoms with Gasteiger partial charge in [-0.15, -0.1) is 0 Å². The molecule has 2 N–H and O–H groups in total. The molecule has 9 nitrogen and oxygen atoms in total. The maximum Gasteiger partial charge on any atom is 0.337 e. The van der Waals surface area contributed by atoms with E-state index in [1.54, 1.807) is 38.3 Å². The van der Waals surface area contributed by atoms with Gasteiger partial charge in [-0.1, -0.05) is 6.07 Å². The van der Waals surface area contributed by atoms with E-state index < -0.39 is 17.4 Å². The van der Waals surface area contributed by atoms with E-state index in [1.165, 1.54) is 26.4 Å². The zero-order chi connectivity index (χ0) is 23.3. The number of aromatic nitrogens is 1. The molecule has 0 fully saturated rings. The molecule has 1 heterocycles. The molecule has 0 aliphatic carbocycles. The van der Waals surface area contributed by atoms with Gasteiger partial charge >= 0.3 is 5.97 Å². The number of H-pyrrole nitrogens is 1. The molecule has 2 aromatic carbocycles. The number of carbonyl (C=O) groups excluding carboxylic acids is 2. The van der Waals surface area contributed by atoms with Crippen LogP contribution in [0.4, 0.5) is 5.69 Å². The number of aromatic amines is 1. The number of amides is 1. The van der Waals surface area contributed by atoms with Gasteiger partial charge in [-0.2, -0.15) is 0 Å². The number of hydrogen-bond acceptors (Lipinski definition) is 7. The molecule has 3 rings (SSSR count). The van der Waals surface area contributed by atoms with E-state index in [0.29, 0.717) is 41.3 Å². The fourth-order valence-electron chi connectivity index (χ4n) is 3.08. The maximum absolute atomic E-state index is 12.9. The van der Waals surface area contributed by atoms with Crippen molar-refractivity contribution in [2.45, 2.75) is 6.92 Å². The van der Waals surface area contributed by atoms with Crippen molar-refractivity contribution in [1.29, 1.82) is 0 Å². The molecule has 0 spiro atoms. The molecule has 0 radical (unpaired) electrons. The minimum absolute atomic E-state index is 0.0895. The summed E-state index contributed by atoms with van der Waals surface area (Å²) in [5.41, 5.74) is 1.25. The highest BCUT2D eigenvalue weighted by Gasteiger charge is 2.17. The standard InChI is InChI=1S/C23H24N2O7/c1-13-5-6-14(23(28)31-4)10-17(13)24-21(26)16-9-15-11-20(32-8-7-29-2)19(30-3)12-18(15)25-22(16)27/h5-6,9-12H,7-8H2,1-4H3,(H,24,26)(H,25,27). The lowest BCUT2D eigenvalue weighted by Crippen LogP contribution is -2.23. The lowest BCUT2D eigenvalue weighted by molar-refractivity contribution is 0.0600. The van der Waals surface area contributed by atoms with Gasteiger partial charge < -0.3 is 29.2 Å². The van der Waals surface area contributed by atoms with E-state index >= 15 is 0 Å². The number of methoxy groups -OCH3 is 3. The number of anilines is 1. The van der Waals surface area contributed by atoms with E-state index in [4.69, 9.17) is 18.9 Å². The molecule has 0 aliphatic rings. The first-order valence-corrected chi connectivity index (χ1v) is 9.75. The van der Waals surface area contributed by atoms with E-state index in [2.05, 4.69) is 10.3 Å². The summed E-state index contributed by atoms with van der Waals surface area (Å²) in [4.78, 5) is 40.0. The normalized spacial score (nSPS) is 10.6. The Hall–Kier alpha value is -3.85. The number of fused-ring (bicyclic) bond motifs is 1. The molecule has 0 atom stereocenters. The van der Waals surface area contributed by atoms with Crippen LogP contribution in [0.3, 0.4) is 0 Å². The van der Waals surface area contributed by atoms with Crippen molar-refractivity contribution in [1.82, 2.24) is 4.98 Å². The minimum atomic E-state index is -0.615. The quantitative estimate of drug-likeness (QED) is 0.409. The van der Waals surface area contributed by atoms with Crippen LogP contribution in [0.2, 0.25) is 0 Å². The number of hydrogen-bond donors (Lipinski definition) is 2. The first-order chi connectivity index (χ1) is 15.4. The van der Waals surface area contributed by atoms with Gasteiger partial charge in [0.2, 0.25) is 0 Å². The summed E-state index contributed by atoms with van der Waals surface area (Å²) < 4.78 is 20.7. The Labute approximate surface area is 184 Å². The van der Waals surface area contributed by atoms with Crippen LogP contribution >= 0.6 is 0 Å². The number of benzene rings is 2. The molecule has 9 heteroatoms. The highest BCUT2D eigenvalue weighted by molar-refractivity contribution is 6.06. The topological polar surface area (TPSA) is 116 Å². The third-order valence-corrected chi connectivity index (χ3v) is 4.82. The molecule has 3 aromatic rings. The van der Waals surface area contributed by atoms with Crippen molar-refractivity contribution in [2.24, 2.45) is 0 Å². The van der Waals surface area contributed by atoms with Crippen molar-refractivity contribution in [3.05, 3.63) is 63.4 Å². The van der Waals surface area contributed by atoms with Gasteiger partial charge in [0, 0.05) is 24.2 Å². The molecule has 0 unspecified atom stereocenters. The zero-order valence-corrected chi connectivity index (χ0v) is 18.2. The monoisotopic (exact) mass is 440 g/mol. The Kier molecular flexibility index (Phi) is 7.11. The van der Waals surface area contributed by atoms with Crippen LogP contribution in [-0.2, 0) is 9.47 Å². The summed E-state index contributed by atoms with van der Waals surface area (Å²) in [6, 6.07) is 9.57. The van der Waals surface area contributed by atoms with Crippen LogP contribution in [0, 0.1) is 6.92 Å². The summed E-state index contributed by atoms with van der Waals surface area (Å²) in [7, 11) is 4.34. The predicted octanol–water partition coefficient (Wildman–Crippen LogP) is 2.91. The first kappa shape index (κ1) is 22.8. The van der Waals surface area contributed by atoms with Gasteiger partial charge in [-0.25, -0.2) is 4.79 Å². The third-order valence-electron chi connectivity index (χ3n) is 4.82. The van der Waals surface area contributed by atoms with Crippen molar-refractivity contribution in [3.63, 3.8) is 0 Å². The van der Waals surface area contributed by atoms with Crippen molar-refractivity contribution < 1.29 is 28.5 Å². The van der Waals surface area contributed by atoms with Gasteiger partial charge in [-0.05, 0) is 36.8 Å². The largest absolute Gasteiger partial charge is 0.493 e. The molecular formula is C23H24N2O7. The molecule has 32 heavy (non-hydrogen) atoms. The van der Waals surface area contributed by atoms with E-state index in [9.17, 15) is 14.4 Å². The van der Waals surface area contributed by atoms with Gasteiger partial charge in [0.15, 0.2) is 11.5 Å². The Bertz CT molecular complexity index is 1220. The second kappa shape index (κ2) is 9.97. The zero-order valence-electron chi connectivity index (χ0n) is 18.2. The SMILES string of the molecule is COCCOc1cc2cc(C(=O)Nc3cc(C(=O)OC)ccc3C)c(=O)[nH]c2cc1OC. The van der Waals surface area contributed by atoms with E-state index in [1.807, 2.05) is 0 Å². The van der Waals surface area contributed by atoms with Crippen LogP contribution in [0.1, 0.15) is 26.3 Å². The Morgan fingerprint density at radius 3 is 2.47 bits per heavy atom. The Morgan fingerprint density at radius 1 is 1.00 bits per heavy atom. The molecule has 1 aromatic heterocycles. The highest BCUT2D eigenvalue weighted by Crippen LogP contribution is 2.31. The van der Waals surface area contributed by atoms with Crippen LogP contribution in [-0.4, -0.2) is 51.4 Å². The summed E-state index contributed by atoms with van der Waals surface area (Å²) >= 11 is 0. The fourth-order valence-corrected chi connectivity index (χ4v) is 3.08. The first-order valence-electron chi connectivity index (χ1n) is 9.75. The van der Waals surface area contributed by atoms with Crippen molar-refractivity contribution in [3.8, 4) is 11.5 Å². The molecule has 0 saturated carbocycles. The fraction of sp³-hybridized carbons (Fsp3) is 0.261. The third kappa shape index (κ3) is 4.89.